The summed E-state index contributed by atoms with van der Waals surface area (Å²) in [4.78, 5) is 5.45. The minimum atomic E-state index is -2.89. The molecular weight excluding hydrogens is 298 g/mol. The fourth-order valence-electron chi connectivity index (χ4n) is 1.89. The summed E-state index contributed by atoms with van der Waals surface area (Å²) in [5, 5.41) is 4.17. The van der Waals surface area contributed by atoms with Gasteiger partial charge in [-0.05, 0) is 26.0 Å². The molecule has 0 aliphatic carbocycles. The lowest BCUT2D eigenvalue weighted by Crippen LogP contribution is -2.05. The number of benzene rings is 1. The number of anilines is 1. The molecule has 0 saturated carbocycles. The number of rotatable bonds is 6. The van der Waals surface area contributed by atoms with Crippen molar-refractivity contribution in [2.24, 2.45) is 0 Å². The van der Waals surface area contributed by atoms with Gasteiger partial charge in [0.2, 0.25) is 0 Å². The van der Waals surface area contributed by atoms with Gasteiger partial charge in [0, 0.05) is 16.6 Å². The predicted molar refractivity (Wildman–Crippen MR) is 78.5 cm³/mol. The first-order valence-electron chi connectivity index (χ1n) is 6.29. The molecule has 1 heterocycles. The van der Waals surface area contributed by atoms with Gasteiger partial charge in [0.25, 0.3) is 0 Å². The highest BCUT2D eigenvalue weighted by Crippen LogP contribution is 2.32. The van der Waals surface area contributed by atoms with Gasteiger partial charge in [-0.25, -0.2) is 4.98 Å². The Bertz CT molecular complexity index is 617. The van der Waals surface area contributed by atoms with Crippen molar-refractivity contribution in [2.45, 2.75) is 27.0 Å². The normalized spacial score (nSPS) is 10.8. The summed E-state index contributed by atoms with van der Waals surface area (Å²) in [5.74, 6) is 0.278. The number of alkyl halides is 2. The Morgan fingerprint density at radius 2 is 2.05 bits per heavy atom. The molecule has 0 radical (unpaired) electrons. The molecule has 0 saturated heterocycles. The molecule has 1 aromatic carbocycles. The Kier molecular flexibility index (Phi) is 4.95. The zero-order valence-corrected chi connectivity index (χ0v) is 12.8. The van der Waals surface area contributed by atoms with E-state index in [9.17, 15) is 8.78 Å². The van der Waals surface area contributed by atoms with E-state index in [-0.39, 0.29) is 11.5 Å². The van der Waals surface area contributed by atoms with E-state index in [0.717, 1.165) is 15.6 Å². The summed E-state index contributed by atoms with van der Waals surface area (Å²) in [6.45, 7) is 1.58. The SMILES string of the molecule is COc1ccc(NCc2sc(C)nc2C)cc1OC(F)F. The second-order valence-corrected chi connectivity index (χ2v) is 5.63. The molecule has 0 bridgehead atoms. The van der Waals surface area contributed by atoms with Crippen molar-refractivity contribution in [2.75, 3.05) is 12.4 Å². The number of hydrogen-bond donors (Lipinski definition) is 1. The van der Waals surface area contributed by atoms with Gasteiger partial charge in [-0.15, -0.1) is 11.3 Å². The monoisotopic (exact) mass is 314 g/mol. The lowest BCUT2D eigenvalue weighted by atomic mass is 10.2. The summed E-state index contributed by atoms with van der Waals surface area (Å²) in [7, 11) is 1.41. The molecule has 0 atom stereocenters. The number of aromatic nitrogens is 1. The van der Waals surface area contributed by atoms with E-state index >= 15 is 0 Å². The van der Waals surface area contributed by atoms with Crippen LogP contribution < -0.4 is 14.8 Å². The zero-order valence-electron chi connectivity index (χ0n) is 11.9. The van der Waals surface area contributed by atoms with E-state index in [1.54, 1.807) is 23.5 Å². The molecule has 0 aliphatic rings. The van der Waals surface area contributed by atoms with E-state index in [1.165, 1.54) is 13.2 Å². The summed E-state index contributed by atoms with van der Waals surface area (Å²) in [5.41, 5.74) is 1.65. The Balaban J connectivity index is 2.11. The fraction of sp³-hybridized carbons (Fsp3) is 0.357. The summed E-state index contributed by atoms with van der Waals surface area (Å²) in [6.07, 6.45) is 0. The number of aryl methyl sites for hydroxylation is 2. The molecule has 0 amide bonds. The van der Waals surface area contributed by atoms with Crippen LogP contribution in [0.4, 0.5) is 14.5 Å². The van der Waals surface area contributed by atoms with Crippen molar-refractivity contribution in [3.63, 3.8) is 0 Å². The van der Waals surface area contributed by atoms with Crippen molar-refractivity contribution in [3.05, 3.63) is 33.8 Å². The first-order chi connectivity index (χ1) is 9.99. The summed E-state index contributed by atoms with van der Waals surface area (Å²) in [6, 6.07) is 4.83. The average Bonchev–Trinajstić information content (AvgIpc) is 2.74. The largest absolute Gasteiger partial charge is 0.493 e. The Hall–Kier alpha value is -1.89. The molecule has 0 aliphatic heterocycles. The number of ether oxygens (including phenoxy) is 2. The number of nitrogens with zero attached hydrogens (tertiary/aromatic N) is 1. The van der Waals surface area contributed by atoms with Gasteiger partial charge in [-0.2, -0.15) is 8.78 Å². The van der Waals surface area contributed by atoms with Crippen LogP contribution in [0.15, 0.2) is 18.2 Å². The summed E-state index contributed by atoms with van der Waals surface area (Å²) >= 11 is 1.61. The molecule has 4 nitrogen and oxygen atoms in total. The lowest BCUT2D eigenvalue weighted by Gasteiger charge is -2.12. The van der Waals surface area contributed by atoms with Gasteiger partial charge >= 0.3 is 6.61 Å². The molecular formula is C14H16F2N2O2S. The van der Waals surface area contributed by atoms with Gasteiger partial charge in [0.05, 0.1) is 24.4 Å². The molecule has 1 aromatic heterocycles. The number of thiazole rings is 1. The van der Waals surface area contributed by atoms with Crippen molar-refractivity contribution in [1.82, 2.24) is 4.98 Å². The van der Waals surface area contributed by atoms with Crippen LogP contribution in [0.5, 0.6) is 11.5 Å². The second-order valence-electron chi connectivity index (χ2n) is 4.34. The second kappa shape index (κ2) is 6.71. The quantitative estimate of drug-likeness (QED) is 0.876. The van der Waals surface area contributed by atoms with Gasteiger partial charge in [0.15, 0.2) is 11.5 Å². The van der Waals surface area contributed by atoms with Crippen LogP contribution in [-0.2, 0) is 6.54 Å². The number of nitrogens with one attached hydrogen (secondary N) is 1. The third kappa shape index (κ3) is 4.04. The molecule has 2 rings (SSSR count). The number of halogens is 2. The van der Waals surface area contributed by atoms with Crippen LogP contribution in [0.3, 0.4) is 0 Å². The molecule has 114 valence electrons. The lowest BCUT2D eigenvalue weighted by molar-refractivity contribution is -0.0511. The highest BCUT2D eigenvalue weighted by Gasteiger charge is 2.12. The van der Waals surface area contributed by atoms with Crippen molar-refractivity contribution >= 4 is 17.0 Å². The highest BCUT2D eigenvalue weighted by molar-refractivity contribution is 7.11. The predicted octanol–water partition coefficient (Wildman–Crippen LogP) is 3.98. The van der Waals surface area contributed by atoms with Gasteiger partial charge < -0.3 is 14.8 Å². The highest BCUT2D eigenvalue weighted by atomic mass is 32.1. The van der Waals surface area contributed by atoms with Crippen LogP contribution in [0.1, 0.15) is 15.6 Å². The maximum Gasteiger partial charge on any atom is 0.387 e. The van der Waals surface area contributed by atoms with Crippen LogP contribution in [-0.4, -0.2) is 18.7 Å². The Morgan fingerprint density at radius 3 is 2.62 bits per heavy atom. The minimum absolute atomic E-state index is 0.00899. The topological polar surface area (TPSA) is 43.4 Å². The van der Waals surface area contributed by atoms with Crippen LogP contribution >= 0.6 is 11.3 Å². The van der Waals surface area contributed by atoms with E-state index in [1.807, 2.05) is 13.8 Å². The molecule has 0 unspecified atom stereocenters. The van der Waals surface area contributed by atoms with Gasteiger partial charge in [-0.3, -0.25) is 0 Å². The number of methoxy groups -OCH3 is 1. The summed E-state index contributed by atoms with van der Waals surface area (Å²) < 4.78 is 34.2. The van der Waals surface area contributed by atoms with Gasteiger partial charge in [-0.1, -0.05) is 0 Å². The average molecular weight is 314 g/mol. The first-order valence-corrected chi connectivity index (χ1v) is 7.11. The van der Waals surface area contributed by atoms with Crippen molar-refractivity contribution in [1.29, 1.82) is 0 Å². The minimum Gasteiger partial charge on any atom is -0.493 e. The first kappa shape index (κ1) is 15.5. The molecule has 21 heavy (non-hydrogen) atoms. The Labute approximate surface area is 125 Å². The van der Waals surface area contributed by atoms with E-state index < -0.39 is 6.61 Å². The molecule has 0 spiro atoms. The smallest absolute Gasteiger partial charge is 0.387 e. The van der Waals surface area contributed by atoms with E-state index in [4.69, 9.17) is 4.74 Å². The fourth-order valence-corrected chi connectivity index (χ4v) is 2.77. The third-order valence-corrected chi connectivity index (χ3v) is 3.91. The third-order valence-electron chi connectivity index (χ3n) is 2.83. The van der Waals surface area contributed by atoms with Crippen LogP contribution in [0.2, 0.25) is 0 Å². The molecule has 1 N–H and O–H groups in total. The zero-order chi connectivity index (χ0) is 15.4. The van der Waals surface area contributed by atoms with Crippen LogP contribution in [0.25, 0.3) is 0 Å². The van der Waals surface area contributed by atoms with Crippen molar-refractivity contribution < 1.29 is 18.3 Å². The Morgan fingerprint density at radius 1 is 1.29 bits per heavy atom. The molecule has 2 aromatic rings. The van der Waals surface area contributed by atoms with Crippen LogP contribution in [0, 0.1) is 13.8 Å². The maximum absolute atomic E-state index is 12.4. The van der Waals surface area contributed by atoms with E-state index in [0.29, 0.717) is 12.2 Å². The van der Waals surface area contributed by atoms with Crippen molar-refractivity contribution in [3.8, 4) is 11.5 Å². The standard InChI is InChI=1S/C14H16F2N2O2S/c1-8-13(21-9(2)18-8)7-17-10-4-5-11(19-3)12(6-10)20-14(15)16/h4-6,14,17H,7H2,1-3H3. The van der Waals surface area contributed by atoms with Gasteiger partial charge in [0.1, 0.15) is 0 Å². The van der Waals surface area contributed by atoms with E-state index in [2.05, 4.69) is 15.0 Å². The maximum atomic E-state index is 12.4. The molecule has 0 fully saturated rings. The number of hydrogen-bond acceptors (Lipinski definition) is 5. The molecule has 7 heteroatoms.